The summed E-state index contributed by atoms with van der Waals surface area (Å²) in [5, 5.41) is 11.6. The van der Waals surface area contributed by atoms with Crippen LogP contribution in [0.1, 0.15) is 11.3 Å². The van der Waals surface area contributed by atoms with Crippen molar-refractivity contribution < 1.29 is 4.79 Å². The molecule has 0 spiro atoms. The number of nitrogens with zero attached hydrogens (tertiary/aromatic N) is 3. The summed E-state index contributed by atoms with van der Waals surface area (Å²) >= 11 is 0. The highest BCUT2D eigenvalue weighted by molar-refractivity contribution is 5.83. The molecule has 3 aromatic rings. The molecule has 7 nitrogen and oxygen atoms in total. The lowest BCUT2D eigenvalue weighted by molar-refractivity contribution is -0.121. The van der Waals surface area contributed by atoms with Crippen molar-refractivity contribution in [2.24, 2.45) is 0 Å². The summed E-state index contributed by atoms with van der Waals surface area (Å²) in [4.78, 5) is 28.8. The van der Waals surface area contributed by atoms with Crippen molar-refractivity contribution >= 4 is 22.5 Å². The molecule has 2 aromatic heterocycles. The van der Waals surface area contributed by atoms with Crippen LogP contribution in [0.5, 0.6) is 0 Å². The summed E-state index contributed by atoms with van der Waals surface area (Å²) in [6.45, 7) is 4.66. The van der Waals surface area contributed by atoms with Crippen molar-refractivity contribution in [3.63, 3.8) is 0 Å². The van der Waals surface area contributed by atoms with Crippen molar-refractivity contribution in [2.75, 3.05) is 18.4 Å². The highest BCUT2D eigenvalue weighted by Gasteiger charge is 2.10. The standard InChI is InChI=1S/C19H21N5O2/c1-13-6-5-9-21-18(13)22-11-10-20-17(25)12-24-19(26)16-8-4-3-7-15(16)14(2)23-24/h3-9H,10-12H2,1-2H3,(H,20,25)(H,21,22). The molecule has 0 radical (unpaired) electrons. The van der Waals surface area contributed by atoms with Gasteiger partial charge in [0.05, 0.1) is 11.1 Å². The minimum Gasteiger partial charge on any atom is -0.368 e. The van der Waals surface area contributed by atoms with Gasteiger partial charge in [0.15, 0.2) is 0 Å². The zero-order chi connectivity index (χ0) is 18.5. The van der Waals surface area contributed by atoms with Crippen LogP contribution in [0, 0.1) is 13.8 Å². The Morgan fingerprint density at radius 2 is 1.85 bits per heavy atom. The van der Waals surface area contributed by atoms with Crippen LogP contribution in [0.15, 0.2) is 47.4 Å². The first-order chi connectivity index (χ1) is 12.6. The van der Waals surface area contributed by atoms with Gasteiger partial charge in [-0.25, -0.2) is 9.67 Å². The molecule has 0 fully saturated rings. The Balaban J connectivity index is 1.59. The van der Waals surface area contributed by atoms with E-state index in [1.807, 2.05) is 38.1 Å². The molecule has 1 aromatic carbocycles. The Kier molecular flexibility index (Phi) is 5.26. The molecule has 2 N–H and O–H groups in total. The Morgan fingerprint density at radius 1 is 1.08 bits per heavy atom. The van der Waals surface area contributed by atoms with Gasteiger partial charge in [0.2, 0.25) is 5.91 Å². The molecule has 3 rings (SSSR count). The average Bonchev–Trinajstić information content (AvgIpc) is 2.64. The van der Waals surface area contributed by atoms with Crippen molar-refractivity contribution in [3.8, 4) is 0 Å². The lowest BCUT2D eigenvalue weighted by Gasteiger charge is -2.11. The van der Waals surface area contributed by atoms with E-state index >= 15 is 0 Å². The molecule has 2 heterocycles. The first kappa shape index (κ1) is 17.6. The van der Waals surface area contributed by atoms with E-state index in [4.69, 9.17) is 0 Å². The van der Waals surface area contributed by atoms with Gasteiger partial charge in [0.1, 0.15) is 12.4 Å². The van der Waals surface area contributed by atoms with Gasteiger partial charge in [-0.3, -0.25) is 9.59 Å². The monoisotopic (exact) mass is 351 g/mol. The van der Waals surface area contributed by atoms with Gasteiger partial charge in [-0.2, -0.15) is 5.10 Å². The van der Waals surface area contributed by atoms with E-state index in [1.165, 1.54) is 4.68 Å². The molecule has 0 saturated carbocycles. The highest BCUT2D eigenvalue weighted by Crippen LogP contribution is 2.11. The summed E-state index contributed by atoms with van der Waals surface area (Å²) in [5.74, 6) is 0.540. The maximum atomic E-state index is 12.5. The second-order valence-corrected chi connectivity index (χ2v) is 6.04. The summed E-state index contributed by atoms with van der Waals surface area (Å²) in [5.41, 5.74) is 1.50. The first-order valence-corrected chi connectivity index (χ1v) is 8.45. The maximum Gasteiger partial charge on any atom is 0.275 e. The molecule has 1 amide bonds. The van der Waals surface area contributed by atoms with E-state index in [2.05, 4.69) is 20.7 Å². The van der Waals surface area contributed by atoms with Crippen LogP contribution in [-0.4, -0.2) is 33.8 Å². The van der Waals surface area contributed by atoms with Gasteiger partial charge >= 0.3 is 0 Å². The number of aromatic nitrogens is 3. The van der Waals surface area contributed by atoms with Crippen LogP contribution in [0.3, 0.4) is 0 Å². The smallest absolute Gasteiger partial charge is 0.275 e. The zero-order valence-corrected chi connectivity index (χ0v) is 14.8. The van der Waals surface area contributed by atoms with E-state index in [9.17, 15) is 9.59 Å². The number of carbonyl (C=O) groups excluding carboxylic acids is 1. The quantitative estimate of drug-likeness (QED) is 0.659. The average molecular weight is 351 g/mol. The molecule has 0 bridgehead atoms. The third-order valence-electron chi connectivity index (χ3n) is 4.09. The number of carbonyl (C=O) groups is 1. The molecule has 26 heavy (non-hydrogen) atoms. The number of hydrogen-bond acceptors (Lipinski definition) is 5. The van der Waals surface area contributed by atoms with Gasteiger partial charge in [-0.05, 0) is 31.5 Å². The number of rotatable bonds is 6. The zero-order valence-electron chi connectivity index (χ0n) is 14.8. The predicted molar refractivity (Wildman–Crippen MR) is 101 cm³/mol. The number of amides is 1. The molecular formula is C19H21N5O2. The molecule has 134 valence electrons. The van der Waals surface area contributed by atoms with E-state index in [0.29, 0.717) is 18.5 Å². The topological polar surface area (TPSA) is 88.9 Å². The fraction of sp³-hybridized carbons (Fsp3) is 0.263. The Morgan fingerprint density at radius 3 is 2.62 bits per heavy atom. The van der Waals surface area contributed by atoms with Gasteiger partial charge in [-0.1, -0.05) is 24.3 Å². The van der Waals surface area contributed by atoms with Gasteiger partial charge in [0.25, 0.3) is 5.56 Å². The molecule has 0 unspecified atom stereocenters. The Hall–Kier alpha value is -3.22. The minimum absolute atomic E-state index is 0.104. The molecule has 0 aliphatic carbocycles. The number of aryl methyl sites for hydroxylation is 2. The van der Waals surface area contributed by atoms with E-state index < -0.39 is 0 Å². The second-order valence-electron chi connectivity index (χ2n) is 6.04. The largest absolute Gasteiger partial charge is 0.368 e. The van der Waals surface area contributed by atoms with Crippen LogP contribution >= 0.6 is 0 Å². The summed E-state index contributed by atoms with van der Waals surface area (Å²) in [6, 6.07) is 11.1. The molecule has 0 aliphatic rings. The van der Waals surface area contributed by atoms with E-state index in [1.54, 1.807) is 18.3 Å². The van der Waals surface area contributed by atoms with Gasteiger partial charge in [-0.15, -0.1) is 0 Å². The fourth-order valence-electron chi connectivity index (χ4n) is 2.76. The third kappa shape index (κ3) is 3.88. The summed E-state index contributed by atoms with van der Waals surface area (Å²) in [6.07, 6.45) is 1.72. The van der Waals surface area contributed by atoms with Crippen molar-refractivity contribution in [2.45, 2.75) is 20.4 Å². The molecule has 0 saturated heterocycles. The van der Waals surface area contributed by atoms with Gasteiger partial charge in [0, 0.05) is 24.7 Å². The normalized spacial score (nSPS) is 10.7. The third-order valence-corrected chi connectivity index (χ3v) is 4.09. The SMILES string of the molecule is Cc1cccnc1NCCNC(=O)Cn1nc(C)c2ccccc2c1=O. The van der Waals surface area contributed by atoms with Gasteiger partial charge < -0.3 is 10.6 Å². The number of nitrogens with one attached hydrogen (secondary N) is 2. The molecule has 7 heteroatoms. The molecule has 0 atom stereocenters. The summed E-state index contributed by atoms with van der Waals surface area (Å²) < 4.78 is 1.21. The second kappa shape index (κ2) is 7.77. The van der Waals surface area contributed by atoms with Crippen LogP contribution in [0.25, 0.3) is 10.8 Å². The number of pyridine rings is 1. The summed E-state index contributed by atoms with van der Waals surface area (Å²) in [7, 11) is 0. The van der Waals surface area contributed by atoms with E-state index in [0.717, 1.165) is 22.5 Å². The number of fused-ring (bicyclic) bond motifs is 1. The van der Waals surface area contributed by atoms with Crippen molar-refractivity contribution in [1.82, 2.24) is 20.1 Å². The lowest BCUT2D eigenvalue weighted by Crippen LogP contribution is -2.36. The van der Waals surface area contributed by atoms with Crippen molar-refractivity contribution in [1.29, 1.82) is 0 Å². The predicted octanol–water partition coefficient (Wildman–Crippen LogP) is 1.64. The lowest BCUT2D eigenvalue weighted by atomic mass is 10.1. The van der Waals surface area contributed by atoms with Crippen LogP contribution < -0.4 is 16.2 Å². The highest BCUT2D eigenvalue weighted by atomic mass is 16.2. The molecular weight excluding hydrogens is 330 g/mol. The fourth-order valence-corrected chi connectivity index (χ4v) is 2.76. The Labute approximate surface area is 151 Å². The number of hydrogen-bond donors (Lipinski definition) is 2. The number of anilines is 1. The molecule has 0 aliphatic heterocycles. The Bertz CT molecular complexity index is 997. The first-order valence-electron chi connectivity index (χ1n) is 8.45. The maximum absolute atomic E-state index is 12.5. The minimum atomic E-state index is -0.261. The van der Waals surface area contributed by atoms with Crippen molar-refractivity contribution in [3.05, 3.63) is 64.2 Å². The van der Waals surface area contributed by atoms with Crippen LogP contribution in [0.2, 0.25) is 0 Å². The van der Waals surface area contributed by atoms with Crippen LogP contribution in [-0.2, 0) is 11.3 Å². The van der Waals surface area contributed by atoms with Crippen LogP contribution in [0.4, 0.5) is 5.82 Å². The van der Waals surface area contributed by atoms with E-state index in [-0.39, 0.29) is 18.0 Å². The number of benzene rings is 1.